The van der Waals surface area contributed by atoms with Gasteiger partial charge in [0.1, 0.15) is 17.9 Å². The summed E-state index contributed by atoms with van der Waals surface area (Å²) < 4.78 is 42.7. The lowest BCUT2D eigenvalue weighted by Gasteiger charge is -2.26. The number of rotatable bonds is 7. The number of carbonyl (C=O) groups excluding carboxylic acids is 1. The molecule has 0 saturated carbocycles. The minimum absolute atomic E-state index is 0.0203. The van der Waals surface area contributed by atoms with Gasteiger partial charge in [0.15, 0.2) is 0 Å². The third-order valence-electron chi connectivity index (χ3n) is 4.42. The molecular weight excluding hydrogens is 394 g/mol. The zero-order valence-electron chi connectivity index (χ0n) is 16.1. The molecule has 1 fully saturated rings. The lowest BCUT2D eigenvalue weighted by Crippen LogP contribution is -2.40. The second kappa shape index (κ2) is 9.69. The van der Waals surface area contributed by atoms with E-state index in [9.17, 15) is 13.2 Å². The summed E-state index contributed by atoms with van der Waals surface area (Å²) in [5, 5.41) is 0. The van der Waals surface area contributed by atoms with Crippen molar-refractivity contribution < 1.29 is 27.4 Å². The summed E-state index contributed by atoms with van der Waals surface area (Å²) in [6, 6.07) is 13.8. The Labute approximate surface area is 170 Å². The van der Waals surface area contributed by atoms with Crippen LogP contribution in [0.2, 0.25) is 0 Å². The maximum atomic E-state index is 12.8. The van der Waals surface area contributed by atoms with Crippen LogP contribution in [0.4, 0.5) is 0 Å². The average molecular weight is 417 g/mol. The van der Waals surface area contributed by atoms with E-state index in [0.717, 1.165) is 5.56 Å². The van der Waals surface area contributed by atoms with E-state index in [4.69, 9.17) is 14.2 Å². The van der Waals surface area contributed by atoms with Crippen LogP contribution in [0.3, 0.4) is 0 Å². The van der Waals surface area contributed by atoms with Gasteiger partial charge in [-0.3, -0.25) is 0 Å². The molecule has 29 heavy (non-hydrogen) atoms. The fourth-order valence-corrected chi connectivity index (χ4v) is 4.33. The fraction of sp³-hybridized carbons (Fsp3) is 0.286. The van der Waals surface area contributed by atoms with Crippen LogP contribution in [0.25, 0.3) is 6.08 Å². The van der Waals surface area contributed by atoms with E-state index in [1.165, 1.54) is 29.6 Å². The first-order chi connectivity index (χ1) is 14.0. The van der Waals surface area contributed by atoms with Crippen LogP contribution in [0.5, 0.6) is 5.75 Å². The number of benzene rings is 2. The van der Waals surface area contributed by atoms with Gasteiger partial charge in [-0.2, -0.15) is 4.31 Å². The second-order valence-electron chi connectivity index (χ2n) is 6.29. The van der Waals surface area contributed by atoms with Crippen LogP contribution in [-0.4, -0.2) is 58.7 Å². The van der Waals surface area contributed by atoms with E-state index in [1.807, 2.05) is 36.4 Å². The summed E-state index contributed by atoms with van der Waals surface area (Å²) in [6.45, 7) is 1.30. The summed E-state index contributed by atoms with van der Waals surface area (Å²) in [5.41, 5.74) is 1.05. The maximum absolute atomic E-state index is 12.8. The molecule has 1 heterocycles. The Kier molecular flexibility index (Phi) is 7.03. The van der Waals surface area contributed by atoms with Crippen LogP contribution in [0.15, 0.2) is 59.5 Å². The van der Waals surface area contributed by atoms with Crippen molar-refractivity contribution >= 4 is 22.1 Å². The van der Waals surface area contributed by atoms with Crippen molar-refractivity contribution in [3.63, 3.8) is 0 Å². The summed E-state index contributed by atoms with van der Waals surface area (Å²) in [4.78, 5) is 12.5. The third-order valence-corrected chi connectivity index (χ3v) is 6.31. The van der Waals surface area contributed by atoms with E-state index < -0.39 is 16.0 Å². The molecule has 0 atom stereocenters. The van der Waals surface area contributed by atoms with E-state index >= 15 is 0 Å². The number of nitrogens with zero attached hydrogens (tertiary/aromatic N) is 1. The molecule has 0 spiro atoms. The monoisotopic (exact) mass is 417 g/mol. The summed E-state index contributed by atoms with van der Waals surface area (Å²) in [5.74, 6) is -0.401. The average Bonchev–Trinajstić information content (AvgIpc) is 2.77. The van der Waals surface area contributed by atoms with Gasteiger partial charge in [-0.05, 0) is 29.8 Å². The first kappa shape index (κ1) is 21.0. The molecule has 0 bridgehead atoms. The predicted octanol–water partition coefficient (Wildman–Crippen LogP) is 2.59. The number of esters is 1. The molecule has 0 unspecified atom stereocenters. The zero-order valence-corrected chi connectivity index (χ0v) is 16.9. The molecule has 0 amide bonds. The highest BCUT2D eigenvalue weighted by Crippen LogP contribution is 2.25. The van der Waals surface area contributed by atoms with E-state index in [-0.39, 0.29) is 35.9 Å². The summed E-state index contributed by atoms with van der Waals surface area (Å²) in [6.07, 6.45) is 3.55. The van der Waals surface area contributed by atoms with Gasteiger partial charge in [0.05, 0.1) is 25.2 Å². The molecule has 0 N–H and O–H groups in total. The molecule has 2 aromatic rings. The Morgan fingerprint density at radius 3 is 2.55 bits per heavy atom. The Balaban J connectivity index is 1.74. The topological polar surface area (TPSA) is 82.1 Å². The van der Waals surface area contributed by atoms with Crippen molar-refractivity contribution in [2.75, 3.05) is 40.0 Å². The molecule has 1 aliphatic heterocycles. The molecule has 154 valence electrons. The molecular formula is C21H23NO6S. The first-order valence-electron chi connectivity index (χ1n) is 9.17. The van der Waals surface area contributed by atoms with E-state index in [1.54, 1.807) is 6.08 Å². The van der Waals surface area contributed by atoms with Gasteiger partial charge in [0.2, 0.25) is 10.0 Å². The number of morpholine rings is 1. The first-order valence-corrected chi connectivity index (χ1v) is 10.6. The van der Waals surface area contributed by atoms with Gasteiger partial charge in [0, 0.05) is 13.1 Å². The summed E-state index contributed by atoms with van der Waals surface area (Å²) in [7, 11) is -2.31. The quantitative estimate of drug-likeness (QED) is 0.644. The minimum Gasteiger partial charge on any atom is -0.496 e. The smallest absolute Gasteiger partial charge is 0.342 e. The third kappa shape index (κ3) is 5.23. The van der Waals surface area contributed by atoms with Crippen molar-refractivity contribution in [1.82, 2.24) is 4.31 Å². The predicted molar refractivity (Wildman–Crippen MR) is 108 cm³/mol. The Morgan fingerprint density at radius 2 is 1.86 bits per heavy atom. The molecule has 1 aliphatic rings. The van der Waals surface area contributed by atoms with Gasteiger partial charge < -0.3 is 14.2 Å². The molecule has 3 rings (SSSR count). The minimum atomic E-state index is -3.73. The standard InChI is InChI=1S/C21H23NO6S/c1-26-20-10-9-18(29(24,25)22-11-14-27-15-12-22)16-19(20)21(23)28-13-5-8-17-6-3-2-4-7-17/h2-10,16H,11-15H2,1H3/b8-5+. The van der Waals surface area contributed by atoms with Crippen LogP contribution >= 0.6 is 0 Å². The molecule has 2 aromatic carbocycles. The lowest BCUT2D eigenvalue weighted by atomic mass is 10.2. The molecule has 1 saturated heterocycles. The van der Waals surface area contributed by atoms with Crippen LogP contribution in [0.1, 0.15) is 15.9 Å². The van der Waals surface area contributed by atoms with Crippen molar-refractivity contribution in [1.29, 1.82) is 0 Å². The van der Waals surface area contributed by atoms with E-state index in [0.29, 0.717) is 13.2 Å². The molecule has 0 aliphatic carbocycles. The zero-order chi connectivity index (χ0) is 20.7. The largest absolute Gasteiger partial charge is 0.496 e. The van der Waals surface area contributed by atoms with Gasteiger partial charge >= 0.3 is 5.97 Å². The van der Waals surface area contributed by atoms with E-state index in [2.05, 4.69) is 0 Å². The maximum Gasteiger partial charge on any atom is 0.342 e. The highest BCUT2D eigenvalue weighted by molar-refractivity contribution is 7.89. The molecule has 0 radical (unpaired) electrons. The van der Waals surface area contributed by atoms with Crippen LogP contribution in [-0.2, 0) is 19.5 Å². The number of sulfonamides is 1. The Morgan fingerprint density at radius 1 is 1.14 bits per heavy atom. The van der Waals surface area contributed by atoms with Gasteiger partial charge in [-0.15, -0.1) is 0 Å². The van der Waals surface area contributed by atoms with Gasteiger partial charge in [-0.25, -0.2) is 13.2 Å². The van der Waals surface area contributed by atoms with Crippen molar-refractivity contribution in [3.8, 4) is 5.75 Å². The highest BCUT2D eigenvalue weighted by atomic mass is 32.2. The number of ether oxygens (including phenoxy) is 3. The summed E-state index contributed by atoms with van der Waals surface area (Å²) >= 11 is 0. The number of hydrogen-bond donors (Lipinski definition) is 0. The number of carbonyl (C=O) groups is 1. The molecule has 0 aromatic heterocycles. The lowest BCUT2D eigenvalue weighted by molar-refractivity contribution is 0.0546. The van der Waals surface area contributed by atoms with Gasteiger partial charge in [-0.1, -0.05) is 36.4 Å². The number of methoxy groups -OCH3 is 1. The fourth-order valence-electron chi connectivity index (χ4n) is 2.89. The normalized spacial score (nSPS) is 15.3. The Hall–Kier alpha value is -2.68. The van der Waals surface area contributed by atoms with Crippen LogP contribution in [0, 0.1) is 0 Å². The van der Waals surface area contributed by atoms with Crippen LogP contribution < -0.4 is 4.74 Å². The van der Waals surface area contributed by atoms with Crippen molar-refractivity contribution in [2.24, 2.45) is 0 Å². The van der Waals surface area contributed by atoms with Gasteiger partial charge in [0.25, 0.3) is 0 Å². The molecule has 8 heteroatoms. The molecule has 7 nitrogen and oxygen atoms in total. The second-order valence-corrected chi connectivity index (χ2v) is 8.23. The number of hydrogen-bond acceptors (Lipinski definition) is 6. The SMILES string of the molecule is COc1ccc(S(=O)(=O)N2CCOCC2)cc1C(=O)OC/C=C/c1ccccc1. The van der Waals surface area contributed by atoms with Crippen molar-refractivity contribution in [3.05, 3.63) is 65.7 Å². The van der Waals surface area contributed by atoms with Crippen molar-refractivity contribution in [2.45, 2.75) is 4.90 Å². The highest BCUT2D eigenvalue weighted by Gasteiger charge is 2.28. The Bertz CT molecular complexity index is 966.